The number of nitrogens with zero attached hydrogens (tertiary/aromatic N) is 1. The van der Waals surface area contributed by atoms with E-state index in [0.717, 1.165) is 12.8 Å². The van der Waals surface area contributed by atoms with E-state index in [2.05, 4.69) is 5.32 Å². The first kappa shape index (κ1) is 16.1. The minimum Gasteiger partial charge on any atom is -0.480 e. The molecule has 0 aromatic heterocycles. The number of rotatable bonds is 4. The van der Waals surface area contributed by atoms with E-state index in [0.29, 0.717) is 24.8 Å². The Morgan fingerprint density at radius 3 is 2.43 bits per heavy atom. The molecule has 1 saturated heterocycles. The fourth-order valence-electron chi connectivity index (χ4n) is 4.24. The normalized spacial score (nSPS) is 35.3. The molecule has 2 bridgehead atoms. The average Bonchev–Trinajstić information content (AvgIpc) is 2.86. The quantitative estimate of drug-likeness (QED) is 0.810. The molecule has 4 fully saturated rings. The van der Waals surface area contributed by atoms with E-state index in [1.165, 1.54) is 17.7 Å². The Kier molecular flexibility index (Phi) is 4.46. The van der Waals surface area contributed by atoms with Crippen molar-refractivity contribution in [2.75, 3.05) is 13.1 Å². The number of amides is 2. The van der Waals surface area contributed by atoms with Crippen molar-refractivity contribution >= 4 is 18.0 Å². The van der Waals surface area contributed by atoms with Crippen LogP contribution in [0.5, 0.6) is 0 Å². The van der Waals surface area contributed by atoms with Crippen LogP contribution in [0, 0.1) is 17.8 Å². The van der Waals surface area contributed by atoms with Gasteiger partial charge in [-0.3, -0.25) is 4.79 Å². The summed E-state index contributed by atoms with van der Waals surface area (Å²) >= 11 is 0. The number of likely N-dealkylation sites (tertiary alicyclic amines) is 1. The molecular formula is C16H24N2O5. The Labute approximate surface area is 135 Å². The second-order valence-corrected chi connectivity index (χ2v) is 7.19. The monoisotopic (exact) mass is 324 g/mol. The molecule has 1 aliphatic heterocycles. The number of carbonyl (C=O) groups is 3. The lowest BCUT2D eigenvalue weighted by atomic mass is 9.64. The van der Waals surface area contributed by atoms with Gasteiger partial charge in [-0.1, -0.05) is 6.92 Å². The van der Waals surface area contributed by atoms with Gasteiger partial charge in [0.2, 0.25) is 5.91 Å². The molecule has 0 aromatic rings. The van der Waals surface area contributed by atoms with Crippen molar-refractivity contribution in [2.24, 2.45) is 17.8 Å². The maximum Gasteiger partial charge on any atom is 0.407 e. The highest BCUT2D eigenvalue weighted by Crippen LogP contribution is 2.46. The molecule has 3 saturated carbocycles. The summed E-state index contributed by atoms with van der Waals surface area (Å²) in [5.41, 5.74) is 0. The van der Waals surface area contributed by atoms with Gasteiger partial charge in [-0.25, -0.2) is 9.59 Å². The lowest BCUT2D eigenvalue weighted by molar-refractivity contribution is -0.149. The summed E-state index contributed by atoms with van der Waals surface area (Å²) < 4.78 is 5.36. The first-order valence-corrected chi connectivity index (χ1v) is 8.40. The highest BCUT2D eigenvalue weighted by Gasteiger charge is 2.41. The van der Waals surface area contributed by atoms with E-state index in [4.69, 9.17) is 4.74 Å². The number of carboxylic acid groups (broad SMARTS) is 1. The number of ether oxygens (including phenoxy) is 1. The molecule has 2 amide bonds. The maximum atomic E-state index is 12.2. The zero-order chi connectivity index (χ0) is 16.6. The molecule has 4 rings (SSSR count). The van der Waals surface area contributed by atoms with Crippen molar-refractivity contribution in [3.8, 4) is 0 Å². The first-order valence-electron chi connectivity index (χ1n) is 8.40. The predicted octanol–water partition coefficient (Wildman–Crippen LogP) is 1.22. The molecule has 128 valence electrons. The van der Waals surface area contributed by atoms with Gasteiger partial charge >= 0.3 is 12.1 Å². The second kappa shape index (κ2) is 6.37. The van der Waals surface area contributed by atoms with Crippen molar-refractivity contribution in [1.29, 1.82) is 0 Å². The number of alkyl carbamates (subject to hydrolysis) is 1. The largest absolute Gasteiger partial charge is 0.480 e. The van der Waals surface area contributed by atoms with Crippen molar-refractivity contribution < 1.29 is 24.2 Å². The van der Waals surface area contributed by atoms with E-state index < -0.39 is 18.1 Å². The van der Waals surface area contributed by atoms with Crippen molar-refractivity contribution in [1.82, 2.24) is 10.2 Å². The van der Waals surface area contributed by atoms with Crippen LogP contribution in [0.3, 0.4) is 0 Å². The molecule has 2 N–H and O–H groups in total. The third-order valence-corrected chi connectivity index (χ3v) is 5.46. The molecule has 7 heteroatoms. The van der Waals surface area contributed by atoms with Crippen LogP contribution in [0.15, 0.2) is 0 Å². The molecule has 3 aliphatic carbocycles. The van der Waals surface area contributed by atoms with E-state index in [1.807, 2.05) is 6.92 Å². The number of hydrogen-bond acceptors (Lipinski definition) is 4. The lowest BCUT2D eigenvalue weighted by Crippen LogP contribution is -2.47. The number of aliphatic carboxylic acids is 1. The van der Waals surface area contributed by atoms with Gasteiger partial charge in [0.1, 0.15) is 18.7 Å². The number of carboxylic acids is 1. The summed E-state index contributed by atoms with van der Waals surface area (Å²) in [6.07, 6.45) is 4.39. The molecule has 7 nitrogen and oxygen atoms in total. The maximum absolute atomic E-state index is 12.2. The van der Waals surface area contributed by atoms with E-state index in [9.17, 15) is 19.5 Å². The number of nitrogens with one attached hydrogen (secondary N) is 1. The number of carbonyl (C=O) groups excluding carboxylic acids is 2. The first-order chi connectivity index (χ1) is 10.9. The van der Waals surface area contributed by atoms with Gasteiger partial charge in [0.15, 0.2) is 0 Å². The van der Waals surface area contributed by atoms with Crippen molar-refractivity contribution in [3.63, 3.8) is 0 Å². The third-order valence-electron chi connectivity index (χ3n) is 5.46. The van der Waals surface area contributed by atoms with E-state index >= 15 is 0 Å². The standard InChI is InChI=1S/C16H24N2O5/c1-9-2-3-18(14(9)15(20)21)13(19)8-17-16(22)23-12-6-10-4-11(5-10)7-12/h9-12,14H,2-8H2,1H3,(H,17,22)(H,20,21). The second-order valence-electron chi connectivity index (χ2n) is 7.19. The van der Waals surface area contributed by atoms with Gasteiger partial charge in [-0.15, -0.1) is 0 Å². The van der Waals surface area contributed by atoms with Crippen LogP contribution < -0.4 is 5.32 Å². The third kappa shape index (κ3) is 3.43. The number of hydrogen-bond donors (Lipinski definition) is 2. The Hall–Kier alpha value is -1.79. The molecule has 4 aliphatic rings. The van der Waals surface area contributed by atoms with Crippen LogP contribution in [-0.4, -0.2) is 53.2 Å². The van der Waals surface area contributed by atoms with Gasteiger partial charge in [0, 0.05) is 6.54 Å². The summed E-state index contributed by atoms with van der Waals surface area (Å²) in [7, 11) is 0. The molecule has 23 heavy (non-hydrogen) atoms. The lowest BCUT2D eigenvalue weighted by Gasteiger charge is -2.44. The highest BCUT2D eigenvalue weighted by atomic mass is 16.6. The van der Waals surface area contributed by atoms with Crippen LogP contribution in [0.2, 0.25) is 0 Å². The Morgan fingerprint density at radius 1 is 1.17 bits per heavy atom. The minimum atomic E-state index is -0.993. The molecule has 1 heterocycles. The average molecular weight is 324 g/mol. The van der Waals surface area contributed by atoms with E-state index in [1.54, 1.807) is 0 Å². The van der Waals surface area contributed by atoms with Crippen LogP contribution in [0.4, 0.5) is 4.79 Å². The van der Waals surface area contributed by atoms with Gasteiger partial charge in [0.05, 0.1) is 0 Å². The zero-order valence-electron chi connectivity index (χ0n) is 13.4. The summed E-state index contributed by atoms with van der Waals surface area (Å²) in [6.45, 7) is 2.02. The van der Waals surface area contributed by atoms with Crippen LogP contribution in [0.25, 0.3) is 0 Å². The van der Waals surface area contributed by atoms with Crippen molar-refractivity contribution in [3.05, 3.63) is 0 Å². The Balaban J connectivity index is 1.43. The number of fused-ring (bicyclic) bond motifs is 2. The zero-order valence-corrected chi connectivity index (χ0v) is 13.4. The fraction of sp³-hybridized carbons (Fsp3) is 0.812. The molecule has 2 atom stereocenters. The van der Waals surface area contributed by atoms with Crippen LogP contribution in [0.1, 0.15) is 39.0 Å². The van der Waals surface area contributed by atoms with Gasteiger partial charge in [-0.05, 0) is 49.9 Å². The SMILES string of the molecule is CC1CCN(C(=O)CNC(=O)OC2CC3CC(C3)C2)C1C(=O)O. The van der Waals surface area contributed by atoms with Gasteiger partial charge < -0.3 is 20.1 Å². The molecule has 0 spiro atoms. The molecular weight excluding hydrogens is 300 g/mol. The summed E-state index contributed by atoms with van der Waals surface area (Å²) in [6, 6.07) is -0.800. The smallest absolute Gasteiger partial charge is 0.407 e. The van der Waals surface area contributed by atoms with Crippen LogP contribution >= 0.6 is 0 Å². The Morgan fingerprint density at radius 2 is 1.83 bits per heavy atom. The molecule has 2 unspecified atom stereocenters. The van der Waals surface area contributed by atoms with Gasteiger partial charge in [-0.2, -0.15) is 0 Å². The molecule has 0 radical (unpaired) electrons. The predicted molar refractivity (Wildman–Crippen MR) is 80.6 cm³/mol. The van der Waals surface area contributed by atoms with Gasteiger partial charge in [0.25, 0.3) is 0 Å². The fourth-order valence-corrected chi connectivity index (χ4v) is 4.24. The van der Waals surface area contributed by atoms with E-state index in [-0.39, 0.29) is 24.5 Å². The molecule has 0 aromatic carbocycles. The summed E-state index contributed by atoms with van der Waals surface area (Å²) in [5, 5.41) is 11.7. The highest BCUT2D eigenvalue weighted by molar-refractivity contribution is 5.87. The summed E-state index contributed by atoms with van der Waals surface area (Å²) in [5.74, 6) is -0.0545. The topological polar surface area (TPSA) is 95.9 Å². The van der Waals surface area contributed by atoms with Crippen LogP contribution in [-0.2, 0) is 14.3 Å². The minimum absolute atomic E-state index is 0.0406. The Bertz CT molecular complexity index is 493. The van der Waals surface area contributed by atoms with Crippen molar-refractivity contribution in [2.45, 2.75) is 51.2 Å². The summed E-state index contributed by atoms with van der Waals surface area (Å²) in [4.78, 5) is 36.6.